The molecule has 1 fully saturated rings. The number of rotatable bonds is 4. The number of hydrogen-bond acceptors (Lipinski definition) is 3. The van der Waals surface area contributed by atoms with Crippen molar-refractivity contribution < 1.29 is 9.53 Å². The average molecular weight is 346 g/mol. The normalized spacial score (nSPS) is 28.0. The number of amides is 1. The van der Waals surface area contributed by atoms with E-state index in [0.29, 0.717) is 18.4 Å². The quantitative estimate of drug-likeness (QED) is 0.864. The first-order chi connectivity index (χ1) is 12.8. The molecule has 4 atom stereocenters. The molecule has 2 bridgehead atoms. The topological polar surface area (TPSA) is 51.2 Å². The fraction of sp³-hybridized carbons (Fsp3) is 0.364. The van der Waals surface area contributed by atoms with Crippen molar-refractivity contribution in [3.63, 3.8) is 0 Å². The smallest absolute Gasteiger partial charge is 0.223 e. The van der Waals surface area contributed by atoms with Crippen molar-refractivity contribution in [2.24, 2.45) is 17.8 Å². The van der Waals surface area contributed by atoms with E-state index in [4.69, 9.17) is 4.74 Å². The fourth-order valence-corrected chi connectivity index (χ4v) is 4.64. The van der Waals surface area contributed by atoms with Crippen LogP contribution in [0.5, 0.6) is 5.75 Å². The second kappa shape index (κ2) is 6.27. The van der Waals surface area contributed by atoms with E-state index in [0.717, 1.165) is 36.1 Å². The van der Waals surface area contributed by atoms with Crippen LogP contribution in [0.1, 0.15) is 18.4 Å². The molecule has 1 aliphatic heterocycles. The minimum Gasteiger partial charge on any atom is -0.487 e. The molecule has 132 valence electrons. The summed E-state index contributed by atoms with van der Waals surface area (Å²) >= 11 is 0. The van der Waals surface area contributed by atoms with Crippen LogP contribution < -0.4 is 10.1 Å². The maximum absolute atomic E-state index is 12.5. The first-order valence-electron chi connectivity index (χ1n) is 9.43. The monoisotopic (exact) mass is 346 g/mol. The van der Waals surface area contributed by atoms with Gasteiger partial charge in [-0.15, -0.1) is 0 Å². The third kappa shape index (κ3) is 2.70. The van der Waals surface area contributed by atoms with Crippen molar-refractivity contribution in [1.29, 1.82) is 0 Å². The number of carbonyl (C=O) groups is 1. The molecule has 0 radical (unpaired) electrons. The molecule has 0 unspecified atom stereocenters. The van der Waals surface area contributed by atoms with E-state index in [9.17, 15) is 4.79 Å². The number of hydrogen-bond donors (Lipinski definition) is 1. The Balaban J connectivity index is 1.25. The largest absolute Gasteiger partial charge is 0.487 e. The van der Waals surface area contributed by atoms with Gasteiger partial charge in [-0.2, -0.15) is 0 Å². The standard InChI is InChI=1S/C22H22N2O2/c25-22(20-11-14-4-5-16(20)10-14)24-13-18-12-17-2-1-3-19(21(17)26-18)15-6-8-23-9-7-15/h1-9,14,16,18,20H,10-13H2,(H,24,25)/t14-,16+,18-,20+/m1/s1. The Morgan fingerprint density at radius 3 is 2.81 bits per heavy atom. The summed E-state index contributed by atoms with van der Waals surface area (Å²) in [5.41, 5.74) is 3.41. The zero-order valence-corrected chi connectivity index (χ0v) is 14.6. The highest BCUT2D eigenvalue weighted by molar-refractivity contribution is 5.80. The molecule has 4 heteroatoms. The Morgan fingerprint density at radius 2 is 2.04 bits per heavy atom. The molecule has 2 aromatic rings. The lowest BCUT2D eigenvalue weighted by Crippen LogP contribution is -2.39. The number of fused-ring (bicyclic) bond motifs is 3. The summed E-state index contributed by atoms with van der Waals surface area (Å²) in [7, 11) is 0. The molecule has 4 nitrogen and oxygen atoms in total. The predicted octanol–water partition coefficient (Wildman–Crippen LogP) is 3.38. The summed E-state index contributed by atoms with van der Waals surface area (Å²) in [5, 5.41) is 3.14. The average Bonchev–Trinajstić information content (AvgIpc) is 3.41. The zero-order valence-electron chi connectivity index (χ0n) is 14.6. The van der Waals surface area contributed by atoms with Gasteiger partial charge in [0.2, 0.25) is 5.91 Å². The van der Waals surface area contributed by atoms with Crippen LogP contribution in [0.2, 0.25) is 0 Å². The number of carbonyl (C=O) groups excluding carboxylic acids is 1. The summed E-state index contributed by atoms with van der Waals surface area (Å²) in [4.78, 5) is 16.6. The van der Waals surface area contributed by atoms with Gasteiger partial charge < -0.3 is 10.1 Å². The van der Waals surface area contributed by atoms with Crippen molar-refractivity contribution in [1.82, 2.24) is 10.3 Å². The minimum atomic E-state index is 0.00562. The lowest BCUT2D eigenvalue weighted by atomic mass is 9.93. The van der Waals surface area contributed by atoms with Crippen LogP contribution in [0.4, 0.5) is 0 Å². The number of allylic oxidation sites excluding steroid dienone is 2. The van der Waals surface area contributed by atoms with Gasteiger partial charge in [-0.05, 0) is 47.9 Å². The van der Waals surface area contributed by atoms with Crippen LogP contribution in [0.3, 0.4) is 0 Å². The summed E-state index contributed by atoms with van der Waals surface area (Å²) in [5.74, 6) is 2.35. The first-order valence-corrected chi connectivity index (χ1v) is 9.43. The van der Waals surface area contributed by atoms with Crippen molar-refractivity contribution in [3.8, 4) is 16.9 Å². The van der Waals surface area contributed by atoms with E-state index in [1.165, 1.54) is 5.56 Å². The number of ether oxygens (including phenoxy) is 1. The van der Waals surface area contributed by atoms with Gasteiger partial charge in [0.1, 0.15) is 11.9 Å². The van der Waals surface area contributed by atoms with Gasteiger partial charge in [0, 0.05) is 30.3 Å². The van der Waals surface area contributed by atoms with Gasteiger partial charge >= 0.3 is 0 Å². The van der Waals surface area contributed by atoms with Gasteiger partial charge in [0.05, 0.1) is 6.54 Å². The summed E-state index contributed by atoms with van der Waals surface area (Å²) in [6.45, 7) is 0.570. The molecular weight excluding hydrogens is 324 g/mol. The number of aromatic nitrogens is 1. The van der Waals surface area contributed by atoms with Crippen LogP contribution in [0, 0.1) is 17.8 Å². The molecule has 0 spiro atoms. The SMILES string of the molecule is O=C(NC[C@H]1Cc2cccc(-c3ccncc3)c2O1)[C@H]1C[C@@H]2C=C[C@H]1C2. The van der Waals surface area contributed by atoms with Gasteiger partial charge in [-0.3, -0.25) is 9.78 Å². The number of pyridine rings is 1. The van der Waals surface area contributed by atoms with Crippen LogP contribution in [0.25, 0.3) is 11.1 Å². The minimum absolute atomic E-state index is 0.00562. The van der Waals surface area contributed by atoms with Crippen LogP contribution in [-0.2, 0) is 11.2 Å². The third-order valence-electron chi connectivity index (χ3n) is 5.94. The summed E-state index contributed by atoms with van der Waals surface area (Å²) in [6, 6.07) is 10.3. The molecule has 2 aliphatic carbocycles. The highest BCUT2D eigenvalue weighted by atomic mass is 16.5. The van der Waals surface area contributed by atoms with Crippen LogP contribution in [-0.4, -0.2) is 23.5 Å². The van der Waals surface area contributed by atoms with Crippen molar-refractivity contribution in [2.75, 3.05) is 6.54 Å². The van der Waals surface area contributed by atoms with Crippen molar-refractivity contribution in [3.05, 3.63) is 60.4 Å². The number of nitrogens with one attached hydrogen (secondary N) is 1. The molecule has 1 saturated carbocycles. The van der Waals surface area contributed by atoms with E-state index >= 15 is 0 Å². The highest BCUT2D eigenvalue weighted by Crippen LogP contribution is 2.43. The Labute approximate surface area is 153 Å². The number of nitrogens with zero attached hydrogens (tertiary/aromatic N) is 1. The van der Waals surface area contributed by atoms with Crippen LogP contribution >= 0.6 is 0 Å². The number of benzene rings is 1. The molecular formula is C22H22N2O2. The van der Waals surface area contributed by atoms with Gasteiger partial charge in [0.15, 0.2) is 0 Å². The van der Waals surface area contributed by atoms with E-state index in [1.54, 1.807) is 12.4 Å². The Kier molecular flexibility index (Phi) is 3.77. The molecule has 1 aromatic heterocycles. The predicted molar refractivity (Wildman–Crippen MR) is 99.6 cm³/mol. The molecule has 0 saturated heterocycles. The zero-order chi connectivity index (χ0) is 17.5. The van der Waals surface area contributed by atoms with E-state index < -0.39 is 0 Å². The Bertz CT molecular complexity index is 862. The molecule has 26 heavy (non-hydrogen) atoms. The molecule has 3 aliphatic rings. The second-order valence-corrected chi connectivity index (χ2v) is 7.61. The molecule has 1 aromatic carbocycles. The Morgan fingerprint density at radius 1 is 1.15 bits per heavy atom. The first kappa shape index (κ1) is 15.6. The maximum Gasteiger partial charge on any atom is 0.223 e. The lowest BCUT2D eigenvalue weighted by molar-refractivity contribution is -0.126. The molecule has 1 amide bonds. The summed E-state index contributed by atoms with van der Waals surface area (Å²) in [6.07, 6.45) is 11.1. The van der Waals surface area contributed by atoms with Crippen LogP contribution in [0.15, 0.2) is 54.9 Å². The van der Waals surface area contributed by atoms with E-state index in [-0.39, 0.29) is 17.9 Å². The van der Waals surface area contributed by atoms with E-state index in [1.807, 2.05) is 12.1 Å². The van der Waals surface area contributed by atoms with E-state index in [2.05, 4.69) is 40.7 Å². The van der Waals surface area contributed by atoms with Gasteiger partial charge in [0.25, 0.3) is 0 Å². The third-order valence-corrected chi connectivity index (χ3v) is 5.94. The van der Waals surface area contributed by atoms with Crippen molar-refractivity contribution in [2.45, 2.75) is 25.4 Å². The van der Waals surface area contributed by atoms with Gasteiger partial charge in [-0.1, -0.05) is 30.4 Å². The lowest BCUT2D eigenvalue weighted by Gasteiger charge is -2.19. The molecule has 2 heterocycles. The van der Waals surface area contributed by atoms with Crippen molar-refractivity contribution >= 4 is 5.91 Å². The number of para-hydroxylation sites is 1. The molecule has 1 N–H and O–H groups in total. The fourth-order valence-electron chi connectivity index (χ4n) is 4.64. The maximum atomic E-state index is 12.5. The highest BCUT2D eigenvalue weighted by Gasteiger charge is 2.40. The second-order valence-electron chi connectivity index (χ2n) is 7.61. The Hall–Kier alpha value is -2.62. The van der Waals surface area contributed by atoms with Gasteiger partial charge in [-0.25, -0.2) is 0 Å². The molecule has 5 rings (SSSR count). The summed E-state index contributed by atoms with van der Waals surface area (Å²) < 4.78 is 6.22.